The predicted octanol–water partition coefficient (Wildman–Crippen LogP) is 5.22. The number of hydrogen-bond donors (Lipinski definition) is 0. The van der Waals surface area contributed by atoms with E-state index < -0.39 is 0 Å². The van der Waals surface area contributed by atoms with Crippen LogP contribution in [0, 0.1) is 0 Å². The average Bonchev–Trinajstić information content (AvgIpc) is 2.53. The highest BCUT2D eigenvalue weighted by atomic mass is 16.5. The standard InChI is InChI=1S/C22H26O2/c1-17(14-19-10-12-20(13-11-19)22(2,3)4)16-24-21(23)15-18-8-6-5-7-9-18/h5-13,16H,14-15H2,1-4H3. The van der Waals surface area contributed by atoms with Crippen molar-refractivity contribution in [1.82, 2.24) is 0 Å². The Labute approximate surface area is 145 Å². The van der Waals surface area contributed by atoms with Crippen LogP contribution in [-0.4, -0.2) is 5.97 Å². The molecule has 0 bridgehead atoms. The third-order valence-corrected chi connectivity index (χ3v) is 3.89. The van der Waals surface area contributed by atoms with Gasteiger partial charge in [-0.05, 0) is 41.0 Å². The van der Waals surface area contributed by atoms with Gasteiger partial charge in [-0.2, -0.15) is 0 Å². The summed E-state index contributed by atoms with van der Waals surface area (Å²) in [5, 5.41) is 0. The molecular formula is C22H26O2. The highest BCUT2D eigenvalue weighted by molar-refractivity contribution is 5.73. The molecule has 0 spiro atoms. The minimum Gasteiger partial charge on any atom is -0.434 e. The highest BCUT2D eigenvalue weighted by Gasteiger charge is 2.12. The zero-order valence-corrected chi connectivity index (χ0v) is 15.0. The van der Waals surface area contributed by atoms with Gasteiger partial charge in [0.05, 0.1) is 12.7 Å². The zero-order valence-electron chi connectivity index (χ0n) is 15.0. The molecule has 0 atom stereocenters. The molecule has 2 heteroatoms. The molecule has 126 valence electrons. The van der Waals surface area contributed by atoms with Crippen molar-refractivity contribution in [2.24, 2.45) is 0 Å². The molecule has 2 aromatic rings. The number of benzene rings is 2. The lowest BCUT2D eigenvalue weighted by molar-refractivity contribution is -0.137. The SMILES string of the molecule is CC(=COC(=O)Cc1ccccc1)Cc1ccc(C(C)(C)C)cc1. The molecule has 0 amide bonds. The first kappa shape index (κ1) is 18.0. The Bertz CT molecular complexity index is 689. The van der Waals surface area contributed by atoms with E-state index in [0.29, 0.717) is 6.42 Å². The smallest absolute Gasteiger partial charge is 0.315 e. The molecule has 24 heavy (non-hydrogen) atoms. The number of carbonyl (C=O) groups excluding carboxylic acids is 1. The van der Waals surface area contributed by atoms with E-state index in [9.17, 15) is 4.79 Å². The van der Waals surface area contributed by atoms with E-state index >= 15 is 0 Å². The Morgan fingerprint density at radius 1 is 0.917 bits per heavy atom. The van der Waals surface area contributed by atoms with Crippen LogP contribution >= 0.6 is 0 Å². The summed E-state index contributed by atoms with van der Waals surface area (Å²) in [7, 11) is 0. The Kier molecular flexibility index (Phi) is 5.97. The van der Waals surface area contributed by atoms with Crippen LogP contribution < -0.4 is 0 Å². The summed E-state index contributed by atoms with van der Waals surface area (Å²) in [6, 6.07) is 18.3. The molecule has 0 aromatic heterocycles. The van der Waals surface area contributed by atoms with Crippen molar-refractivity contribution in [3.63, 3.8) is 0 Å². The van der Waals surface area contributed by atoms with Gasteiger partial charge < -0.3 is 4.74 Å². The van der Waals surface area contributed by atoms with Crippen molar-refractivity contribution >= 4 is 5.97 Å². The summed E-state index contributed by atoms with van der Waals surface area (Å²) in [5.41, 5.74) is 4.69. The van der Waals surface area contributed by atoms with Crippen molar-refractivity contribution in [1.29, 1.82) is 0 Å². The van der Waals surface area contributed by atoms with Gasteiger partial charge in [-0.25, -0.2) is 0 Å². The molecule has 2 rings (SSSR count). The van der Waals surface area contributed by atoms with Gasteiger partial charge >= 0.3 is 5.97 Å². The topological polar surface area (TPSA) is 26.3 Å². The van der Waals surface area contributed by atoms with E-state index in [4.69, 9.17) is 4.74 Å². The molecule has 0 aliphatic heterocycles. The summed E-state index contributed by atoms with van der Waals surface area (Å²) in [4.78, 5) is 11.9. The first-order chi connectivity index (χ1) is 11.3. The number of hydrogen-bond acceptors (Lipinski definition) is 2. The average molecular weight is 322 g/mol. The fraction of sp³-hybridized carbons (Fsp3) is 0.318. The molecular weight excluding hydrogens is 296 g/mol. The summed E-state index contributed by atoms with van der Waals surface area (Å²) < 4.78 is 5.26. The Hall–Kier alpha value is -2.35. The third-order valence-electron chi connectivity index (χ3n) is 3.89. The summed E-state index contributed by atoms with van der Waals surface area (Å²) in [6.07, 6.45) is 2.65. The number of carbonyl (C=O) groups is 1. The first-order valence-electron chi connectivity index (χ1n) is 8.33. The molecule has 0 aliphatic carbocycles. The monoisotopic (exact) mass is 322 g/mol. The molecule has 0 aliphatic rings. The second kappa shape index (κ2) is 7.96. The highest BCUT2D eigenvalue weighted by Crippen LogP contribution is 2.22. The fourth-order valence-corrected chi connectivity index (χ4v) is 2.46. The molecule has 0 heterocycles. The minimum atomic E-state index is -0.233. The lowest BCUT2D eigenvalue weighted by Gasteiger charge is -2.19. The van der Waals surface area contributed by atoms with Crippen molar-refractivity contribution in [3.05, 3.63) is 83.1 Å². The Morgan fingerprint density at radius 3 is 2.08 bits per heavy atom. The largest absolute Gasteiger partial charge is 0.434 e. The third kappa shape index (κ3) is 5.69. The number of rotatable bonds is 5. The summed E-state index contributed by atoms with van der Waals surface area (Å²) in [5.74, 6) is -0.233. The van der Waals surface area contributed by atoms with E-state index in [0.717, 1.165) is 17.6 Å². The maximum atomic E-state index is 11.9. The van der Waals surface area contributed by atoms with Gasteiger partial charge in [0.15, 0.2) is 0 Å². The summed E-state index contributed by atoms with van der Waals surface area (Å²) in [6.45, 7) is 8.60. The van der Waals surface area contributed by atoms with Crippen LogP contribution in [0.1, 0.15) is 44.4 Å². The van der Waals surface area contributed by atoms with Crippen molar-refractivity contribution in [2.75, 3.05) is 0 Å². The van der Waals surface area contributed by atoms with Gasteiger partial charge in [0.2, 0.25) is 0 Å². The fourth-order valence-electron chi connectivity index (χ4n) is 2.46. The number of ether oxygens (including phenoxy) is 1. The van der Waals surface area contributed by atoms with Gasteiger partial charge in [0, 0.05) is 0 Å². The molecule has 2 aromatic carbocycles. The lowest BCUT2D eigenvalue weighted by atomic mass is 9.86. The second-order valence-electron chi connectivity index (χ2n) is 7.24. The summed E-state index contributed by atoms with van der Waals surface area (Å²) >= 11 is 0. The van der Waals surface area contributed by atoms with Crippen LogP contribution in [0.15, 0.2) is 66.4 Å². The van der Waals surface area contributed by atoms with E-state index in [-0.39, 0.29) is 11.4 Å². The molecule has 0 fully saturated rings. The van der Waals surface area contributed by atoms with Crippen LogP contribution in [0.3, 0.4) is 0 Å². The lowest BCUT2D eigenvalue weighted by Crippen LogP contribution is -2.10. The van der Waals surface area contributed by atoms with Crippen molar-refractivity contribution in [3.8, 4) is 0 Å². The molecule has 2 nitrogen and oxygen atoms in total. The maximum absolute atomic E-state index is 11.9. The minimum absolute atomic E-state index is 0.163. The van der Waals surface area contributed by atoms with E-state index in [1.165, 1.54) is 11.1 Å². The molecule has 0 saturated carbocycles. The van der Waals surface area contributed by atoms with Gasteiger partial charge in [-0.3, -0.25) is 4.79 Å². The van der Waals surface area contributed by atoms with Gasteiger partial charge in [0.25, 0.3) is 0 Å². The molecule has 0 saturated heterocycles. The maximum Gasteiger partial charge on any atom is 0.315 e. The van der Waals surface area contributed by atoms with Gasteiger partial charge in [-0.15, -0.1) is 0 Å². The van der Waals surface area contributed by atoms with Gasteiger partial charge in [-0.1, -0.05) is 75.4 Å². The van der Waals surface area contributed by atoms with Crippen molar-refractivity contribution in [2.45, 2.75) is 46.0 Å². The van der Waals surface area contributed by atoms with Crippen LogP contribution in [-0.2, 0) is 27.8 Å². The van der Waals surface area contributed by atoms with Crippen molar-refractivity contribution < 1.29 is 9.53 Å². The molecule has 0 N–H and O–H groups in total. The second-order valence-corrected chi connectivity index (χ2v) is 7.24. The van der Waals surface area contributed by atoms with Crippen LogP contribution in [0.25, 0.3) is 0 Å². The van der Waals surface area contributed by atoms with Gasteiger partial charge in [0.1, 0.15) is 0 Å². The number of esters is 1. The van der Waals surface area contributed by atoms with Crippen LogP contribution in [0.2, 0.25) is 0 Å². The quantitative estimate of drug-likeness (QED) is 0.557. The van der Waals surface area contributed by atoms with E-state index in [1.807, 2.05) is 37.3 Å². The molecule has 0 unspecified atom stereocenters. The Balaban J connectivity index is 1.88. The number of allylic oxidation sites excluding steroid dienone is 1. The van der Waals surface area contributed by atoms with E-state index in [1.54, 1.807) is 6.26 Å². The first-order valence-corrected chi connectivity index (χ1v) is 8.33. The predicted molar refractivity (Wildman–Crippen MR) is 98.8 cm³/mol. The van der Waals surface area contributed by atoms with Crippen LogP contribution in [0.5, 0.6) is 0 Å². The Morgan fingerprint density at radius 2 is 1.50 bits per heavy atom. The van der Waals surface area contributed by atoms with Crippen LogP contribution in [0.4, 0.5) is 0 Å². The normalized spacial score (nSPS) is 12.1. The zero-order chi connectivity index (χ0) is 17.6. The molecule has 0 radical (unpaired) electrons. The van der Waals surface area contributed by atoms with E-state index in [2.05, 4.69) is 45.0 Å².